The second kappa shape index (κ2) is 13.7. The number of halogens is 6. The molecule has 4 aliphatic rings. The Kier molecular flexibility index (Phi) is 10.9. The monoisotopic (exact) mass is 607 g/mol. The van der Waals surface area contributed by atoms with Crippen LogP contribution in [0.4, 0.5) is 22.0 Å². The molecule has 4 rings (SSSR count). The molecule has 0 radical (unpaired) electrons. The fourth-order valence-electron chi connectivity index (χ4n) is 8.47. The lowest BCUT2D eigenvalue weighted by atomic mass is 9.70. The predicted molar refractivity (Wildman–Crippen MR) is 151 cm³/mol. The molecule has 4 atom stereocenters. The van der Waals surface area contributed by atoms with Crippen molar-refractivity contribution in [3.8, 4) is 0 Å². The minimum absolute atomic E-state index is 0.0210. The molecule has 1 saturated heterocycles. The van der Waals surface area contributed by atoms with E-state index in [0.29, 0.717) is 19.0 Å². The summed E-state index contributed by atoms with van der Waals surface area (Å²) in [6, 6.07) is -0.301. The van der Waals surface area contributed by atoms with E-state index in [2.05, 4.69) is 9.74 Å². The van der Waals surface area contributed by atoms with E-state index in [-0.39, 0.29) is 49.2 Å². The summed E-state index contributed by atoms with van der Waals surface area (Å²) in [4.78, 5) is 22.1. The van der Waals surface area contributed by atoms with Crippen molar-refractivity contribution >= 4 is 17.5 Å². The van der Waals surface area contributed by atoms with Crippen LogP contribution in [-0.2, 0) is 4.79 Å². The van der Waals surface area contributed by atoms with Gasteiger partial charge in [0.1, 0.15) is 0 Å². The van der Waals surface area contributed by atoms with Crippen LogP contribution >= 0.6 is 11.6 Å². The lowest BCUT2D eigenvalue weighted by Gasteiger charge is -2.45. The quantitative estimate of drug-likeness (QED) is 0.157. The number of carbonyl (C=O) groups excluding carboxylic acids is 1. The fraction of sp³-hybridized carbons (Fsp3) is 0.935. The first-order chi connectivity index (χ1) is 19.3. The minimum Gasteiger partial charge on any atom is -0.344 e. The van der Waals surface area contributed by atoms with Gasteiger partial charge >= 0.3 is 11.6 Å². The molecular weight excluding hydrogens is 561 g/mol. The zero-order chi connectivity index (χ0) is 29.8. The Balaban J connectivity index is 1.41. The van der Waals surface area contributed by atoms with Crippen LogP contribution in [0.1, 0.15) is 103 Å². The van der Waals surface area contributed by atoms with Crippen LogP contribution < -0.4 is 0 Å². The highest BCUT2D eigenvalue weighted by Crippen LogP contribution is 2.49. The fourth-order valence-corrected chi connectivity index (χ4v) is 8.64. The van der Waals surface area contributed by atoms with E-state index in [1.165, 1.54) is 19.3 Å². The molecule has 0 aromatic rings. The van der Waals surface area contributed by atoms with Crippen LogP contribution in [0.3, 0.4) is 0 Å². The van der Waals surface area contributed by atoms with E-state index >= 15 is 0 Å². The summed E-state index contributed by atoms with van der Waals surface area (Å²) in [7, 11) is 1.70. The van der Waals surface area contributed by atoms with Gasteiger partial charge in [0.25, 0.3) is 0 Å². The van der Waals surface area contributed by atoms with E-state index in [1.54, 1.807) is 11.9 Å². The first-order valence-electron chi connectivity index (χ1n) is 15.8. The van der Waals surface area contributed by atoms with Crippen molar-refractivity contribution in [3.63, 3.8) is 0 Å². The topological polar surface area (TPSA) is 27.9 Å². The molecule has 4 fully saturated rings. The van der Waals surface area contributed by atoms with Gasteiger partial charge in [-0.3, -0.25) is 9.69 Å². The van der Waals surface area contributed by atoms with Gasteiger partial charge in [-0.2, -0.15) is 22.0 Å². The molecule has 0 aromatic heterocycles. The number of likely N-dealkylation sites (N-methyl/N-ethyl adjacent to an activating group) is 1. The lowest BCUT2D eigenvalue weighted by molar-refractivity contribution is -0.197. The van der Waals surface area contributed by atoms with Gasteiger partial charge in [0, 0.05) is 51.4 Å². The van der Waals surface area contributed by atoms with E-state index < -0.39 is 35.7 Å². The average Bonchev–Trinajstić information content (AvgIpc) is 2.96. The summed E-state index contributed by atoms with van der Waals surface area (Å²) in [5.41, 5.74) is -0.333. The Bertz CT molecular complexity index is 877. The number of hydrogen-bond donors (Lipinski definition) is 0. The number of rotatable bonds is 8. The van der Waals surface area contributed by atoms with Gasteiger partial charge in [-0.15, -0.1) is 0 Å². The molecule has 41 heavy (non-hydrogen) atoms. The van der Waals surface area contributed by atoms with E-state index in [9.17, 15) is 26.7 Å². The molecule has 4 unspecified atom stereocenters. The third kappa shape index (κ3) is 8.08. The molecule has 234 valence electrons. The highest BCUT2D eigenvalue weighted by atomic mass is 35.5. The normalized spacial score (nSPS) is 30.0. The summed E-state index contributed by atoms with van der Waals surface area (Å²) >= 11 is 5.21. The maximum Gasteiger partial charge on any atom is 0.391 e. The van der Waals surface area contributed by atoms with Crippen molar-refractivity contribution < 1.29 is 26.7 Å². The largest absolute Gasteiger partial charge is 0.391 e. The minimum atomic E-state index is -4.54. The molecule has 4 nitrogen and oxygen atoms in total. The van der Waals surface area contributed by atoms with Crippen molar-refractivity contribution in [1.29, 1.82) is 0 Å². The Hall–Kier alpha value is -1.14. The molecule has 0 N–H and O–H groups in total. The van der Waals surface area contributed by atoms with E-state index in [1.807, 2.05) is 0 Å². The predicted octanol–water partition coefficient (Wildman–Crippen LogP) is 8.54. The van der Waals surface area contributed by atoms with Crippen molar-refractivity contribution in [2.45, 2.75) is 126 Å². The number of carbonyl (C=O) groups is 1. The van der Waals surface area contributed by atoms with Crippen LogP contribution in [0.15, 0.2) is 0 Å². The molecule has 0 aromatic carbocycles. The van der Waals surface area contributed by atoms with Crippen molar-refractivity contribution in [3.05, 3.63) is 11.4 Å². The van der Waals surface area contributed by atoms with E-state index in [0.717, 1.165) is 57.8 Å². The van der Waals surface area contributed by atoms with Gasteiger partial charge in [-0.05, 0) is 74.8 Å². The number of alkyl halides is 6. The molecule has 3 saturated carbocycles. The highest BCUT2D eigenvalue weighted by molar-refractivity contribution is 6.21. The molecule has 1 aliphatic heterocycles. The van der Waals surface area contributed by atoms with Gasteiger partial charge < -0.3 is 9.74 Å². The second-order valence-electron chi connectivity index (χ2n) is 13.5. The molecule has 1 heterocycles. The number of amides is 1. The summed E-state index contributed by atoms with van der Waals surface area (Å²) in [6.45, 7) is 9.72. The first kappa shape index (κ1) is 32.8. The zero-order valence-corrected chi connectivity index (χ0v) is 25.2. The molecule has 1 amide bonds. The van der Waals surface area contributed by atoms with Crippen LogP contribution in [0.2, 0.25) is 0 Å². The van der Waals surface area contributed by atoms with Gasteiger partial charge in [0.05, 0.1) is 12.0 Å². The smallest absolute Gasteiger partial charge is 0.344 e. The molecule has 3 aliphatic carbocycles. The summed E-state index contributed by atoms with van der Waals surface area (Å²) in [5.74, 6) is -3.26. The third-order valence-corrected chi connectivity index (χ3v) is 11.3. The van der Waals surface area contributed by atoms with Gasteiger partial charge in [0.2, 0.25) is 11.4 Å². The Morgan fingerprint density at radius 1 is 0.951 bits per heavy atom. The second-order valence-corrected chi connectivity index (χ2v) is 14.0. The van der Waals surface area contributed by atoms with Crippen LogP contribution in [0, 0.1) is 36.2 Å². The molecule has 0 bridgehead atoms. The number of nitrogens with zero attached hydrogens (tertiary/aromatic N) is 3. The molecule has 0 spiro atoms. The van der Waals surface area contributed by atoms with Crippen molar-refractivity contribution in [2.75, 3.05) is 26.7 Å². The van der Waals surface area contributed by atoms with Crippen LogP contribution in [0.5, 0.6) is 0 Å². The highest BCUT2D eigenvalue weighted by Gasteiger charge is 2.52. The average molecular weight is 608 g/mol. The third-order valence-electron chi connectivity index (χ3n) is 11.0. The SMILES string of the molecule is [C-]#[N+]C1(C2CCCCC2)CCN(C(C(=O)N(C)CCC2CC(C(F)(F)F)CC(C(F)(F)Cl)C2)C2CCCCC2)CC1. The number of piperidine rings is 1. The number of likely N-dealkylation sites (tertiary alicyclic amines) is 1. The number of hydrogen-bond acceptors (Lipinski definition) is 2. The summed E-state index contributed by atoms with van der Waals surface area (Å²) in [5, 5.41) is -3.68. The summed E-state index contributed by atoms with van der Waals surface area (Å²) in [6.07, 6.45) is 7.44. The van der Waals surface area contributed by atoms with Crippen molar-refractivity contribution in [2.24, 2.45) is 29.6 Å². The van der Waals surface area contributed by atoms with E-state index in [4.69, 9.17) is 18.2 Å². The molecular formula is C31H47ClF5N3O. The lowest BCUT2D eigenvalue weighted by Crippen LogP contribution is -2.57. The maximum atomic E-state index is 14.0. The van der Waals surface area contributed by atoms with Gasteiger partial charge in [-0.1, -0.05) is 38.5 Å². The Morgan fingerprint density at radius 2 is 1.51 bits per heavy atom. The van der Waals surface area contributed by atoms with Gasteiger partial charge in [0.15, 0.2) is 0 Å². The zero-order valence-electron chi connectivity index (χ0n) is 24.4. The first-order valence-corrected chi connectivity index (χ1v) is 16.2. The standard InChI is InChI=1S/C31H47ClF5N3O/c1-38-29(24-11-7-4-8-12-24)14-17-40(18-15-29)27(23-9-5-3-6-10-23)28(41)39(2)16-13-22-19-25(30(32,33)34)21-26(20-22)31(35,36)37/h22-27H,3-21H2,2H3. The maximum absolute atomic E-state index is 14.0. The molecule has 10 heteroatoms. The van der Waals surface area contributed by atoms with Crippen molar-refractivity contribution in [1.82, 2.24) is 9.80 Å². The van der Waals surface area contributed by atoms with Crippen LogP contribution in [-0.4, -0.2) is 65.5 Å². The Labute approximate surface area is 247 Å². The Morgan fingerprint density at radius 3 is 2.05 bits per heavy atom. The van der Waals surface area contributed by atoms with Crippen LogP contribution in [0.25, 0.3) is 4.85 Å². The summed E-state index contributed by atoms with van der Waals surface area (Å²) < 4.78 is 68.4. The van der Waals surface area contributed by atoms with Gasteiger partial charge in [-0.25, -0.2) is 6.57 Å².